The van der Waals surface area contributed by atoms with Crippen LogP contribution in [0.25, 0.3) is 0 Å². The highest BCUT2D eigenvalue weighted by Gasteiger charge is 2.12. The Morgan fingerprint density at radius 3 is 2.79 bits per heavy atom. The standard InChI is InChI=1S/C8H12N4O2/c9-2-6(10)4-1-5(8(13)14)7(11)12-3-4/h1,3,6H,2,9-10H2,(H2,11,12)(H,13,14). The number of carboxylic acids is 1. The molecule has 0 saturated carbocycles. The molecule has 0 saturated heterocycles. The number of nitrogens with two attached hydrogens (primary N) is 3. The maximum atomic E-state index is 10.7. The Labute approximate surface area is 80.7 Å². The minimum absolute atomic E-state index is 0.0227. The summed E-state index contributed by atoms with van der Waals surface area (Å²) in [5.41, 5.74) is 16.8. The highest BCUT2D eigenvalue weighted by molar-refractivity contribution is 5.92. The fourth-order valence-corrected chi connectivity index (χ4v) is 1.00. The van der Waals surface area contributed by atoms with Crippen LogP contribution in [0.3, 0.4) is 0 Å². The van der Waals surface area contributed by atoms with Crippen molar-refractivity contribution in [1.82, 2.24) is 4.98 Å². The maximum Gasteiger partial charge on any atom is 0.339 e. The molecule has 1 rings (SSSR count). The Balaban J connectivity index is 3.12. The lowest BCUT2D eigenvalue weighted by Crippen LogP contribution is -2.21. The van der Waals surface area contributed by atoms with E-state index in [4.69, 9.17) is 22.3 Å². The molecule has 76 valence electrons. The lowest BCUT2D eigenvalue weighted by atomic mass is 10.1. The van der Waals surface area contributed by atoms with Crippen molar-refractivity contribution < 1.29 is 9.90 Å². The monoisotopic (exact) mass is 196 g/mol. The van der Waals surface area contributed by atoms with E-state index in [0.717, 1.165) is 0 Å². The highest BCUT2D eigenvalue weighted by Crippen LogP contribution is 2.14. The molecule has 0 spiro atoms. The van der Waals surface area contributed by atoms with Gasteiger partial charge in [-0.15, -0.1) is 0 Å². The van der Waals surface area contributed by atoms with E-state index in [0.29, 0.717) is 5.56 Å². The number of hydrogen-bond donors (Lipinski definition) is 4. The number of anilines is 1. The molecule has 0 fully saturated rings. The molecule has 0 radical (unpaired) electrons. The molecule has 0 aromatic carbocycles. The van der Waals surface area contributed by atoms with Crippen LogP contribution in [0.1, 0.15) is 22.0 Å². The molecule has 14 heavy (non-hydrogen) atoms. The molecule has 0 aliphatic carbocycles. The quantitative estimate of drug-likeness (QED) is 0.507. The predicted molar refractivity (Wildman–Crippen MR) is 51.6 cm³/mol. The van der Waals surface area contributed by atoms with Gasteiger partial charge in [0.1, 0.15) is 11.4 Å². The molecule has 1 heterocycles. The van der Waals surface area contributed by atoms with Crippen molar-refractivity contribution in [1.29, 1.82) is 0 Å². The summed E-state index contributed by atoms with van der Waals surface area (Å²) in [5, 5.41) is 8.75. The molecule has 6 heteroatoms. The Morgan fingerprint density at radius 1 is 1.64 bits per heavy atom. The summed E-state index contributed by atoms with van der Waals surface area (Å²) in [7, 11) is 0. The van der Waals surface area contributed by atoms with E-state index in [1.807, 2.05) is 0 Å². The molecule has 1 atom stereocenters. The zero-order valence-electron chi connectivity index (χ0n) is 7.47. The lowest BCUT2D eigenvalue weighted by Gasteiger charge is -2.09. The number of nitrogen functional groups attached to an aromatic ring is 1. The summed E-state index contributed by atoms with van der Waals surface area (Å²) in [6.45, 7) is 0.227. The molecule has 1 unspecified atom stereocenters. The minimum Gasteiger partial charge on any atom is -0.478 e. The maximum absolute atomic E-state index is 10.7. The Morgan fingerprint density at radius 2 is 2.29 bits per heavy atom. The number of nitrogens with zero attached hydrogens (tertiary/aromatic N) is 1. The number of pyridine rings is 1. The smallest absolute Gasteiger partial charge is 0.339 e. The van der Waals surface area contributed by atoms with E-state index < -0.39 is 12.0 Å². The first kappa shape index (κ1) is 10.4. The first-order valence-corrected chi connectivity index (χ1v) is 4.00. The molecule has 1 aromatic rings. The van der Waals surface area contributed by atoms with Crippen molar-refractivity contribution >= 4 is 11.8 Å². The van der Waals surface area contributed by atoms with E-state index >= 15 is 0 Å². The van der Waals surface area contributed by atoms with Crippen molar-refractivity contribution in [3.05, 3.63) is 23.4 Å². The highest BCUT2D eigenvalue weighted by atomic mass is 16.4. The third kappa shape index (κ3) is 1.98. The van der Waals surface area contributed by atoms with Crippen molar-refractivity contribution in [2.45, 2.75) is 6.04 Å². The van der Waals surface area contributed by atoms with Gasteiger partial charge in [0.25, 0.3) is 0 Å². The SMILES string of the molecule is NCC(N)c1cnc(N)c(C(=O)O)c1. The van der Waals surface area contributed by atoms with Gasteiger partial charge in [-0.2, -0.15) is 0 Å². The summed E-state index contributed by atoms with van der Waals surface area (Å²) < 4.78 is 0. The topological polar surface area (TPSA) is 128 Å². The third-order valence-corrected chi connectivity index (χ3v) is 1.85. The van der Waals surface area contributed by atoms with E-state index in [-0.39, 0.29) is 17.9 Å². The zero-order chi connectivity index (χ0) is 10.7. The molecule has 0 amide bonds. The van der Waals surface area contributed by atoms with Crippen molar-refractivity contribution in [3.63, 3.8) is 0 Å². The van der Waals surface area contributed by atoms with Gasteiger partial charge in [0, 0.05) is 18.8 Å². The number of hydrogen-bond acceptors (Lipinski definition) is 5. The molecule has 6 nitrogen and oxygen atoms in total. The van der Waals surface area contributed by atoms with Crippen LogP contribution in [0.2, 0.25) is 0 Å². The van der Waals surface area contributed by atoms with Gasteiger partial charge in [-0.1, -0.05) is 0 Å². The summed E-state index contributed by atoms with van der Waals surface area (Å²) in [6.07, 6.45) is 1.43. The number of rotatable bonds is 3. The van der Waals surface area contributed by atoms with E-state index in [2.05, 4.69) is 4.98 Å². The predicted octanol–water partition coefficient (Wildman–Crippen LogP) is -0.679. The first-order valence-electron chi connectivity index (χ1n) is 4.00. The van der Waals surface area contributed by atoms with E-state index in [1.54, 1.807) is 0 Å². The fraction of sp³-hybridized carbons (Fsp3) is 0.250. The Kier molecular flexibility index (Phi) is 3.00. The lowest BCUT2D eigenvalue weighted by molar-refractivity contribution is 0.0697. The Bertz CT molecular complexity index is 353. The van der Waals surface area contributed by atoms with Gasteiger partial charge >= 0.3 is 5.97 Å². The molecule has 0 aliphatic heterocycles. The van der Waals surface area contributed by atoms with Gasteiger partial charge in [0.05, 0.1) is 0 Å². The van der Waals surface area contributed by atoms with E-state index in [9.17, 15) is 4.79 Å². The van der Waals surface area contributed by atoms with Crippen LogP contribution >= 0.6 is 0 Å². The molecule has 7 N–H and O–H groups in total. The zero-order valence-corrected chi connectivity index (χ0v) is 7.47. The van der Waals surface area contributed by atoms with Crippen LogP contribution in [0.4, 0.5) is 5.82 Å². The molecule has 1 aromatic heterocycles. The second-order valence-electron chi connectivity index (χ2n) is 2.85. The number of aromatic nitrogens is 1. The number of aromatic carboxylic acids is 1. The average Bonchev–Trinajstić information content (AvgIpc) is 2.17. The van der Waals surface area contributed by atoms with Gasteiger partial charge in [-0.05, 0) is 11.6 Å². The second-order valence-corrected chi connectivity index (χ2v) is 2.85. The molecular formula is C8H12N4O2. The first-order chi connectivity index (χ1) is 6.56. The van der Waals surface area contributed by atoms with Gasteiger partial charge in [-0.3, -0.25) is 0 Å². The van der Waals surface area contributed by atoms with Gasteiger partial charge in [0.15, 0.2) is 0 Å². The van der Waals surface area contributed by atoms with Gasteiger partial charge in [-0.25, -0.2) is 9.78 Å². The molecule has 0 bridgehead atoms. The van der Waals surface area contributed by atoms with Crippen LogP contribution in [-0.4, -0.2) is 22.6 Å². The number of carbonyl (C=O) groups is 1. The minimum atomic E-state index is -1.12. The van der Waals surface area contributed by atoms with Crippen LogP contribution in [0, 0.1) is 0 Å². The summed E-state index contributed by atoms with van der Waals surface area (Å²) >= 11 is 0. The fourth-order valence-electron chi connectivity index (χ4n) is 1.00. The largest absolute Gasteiger partial charge is 0.478 e. The number of carboxylic acid groups (broad SMARTS) is 1. The normalized spacial score (nSPS) is 12.4. The van der Waals surface area contributed by atoms with E-state index in [1.165, 1.54) is 12.3 Å². The molecular weight excluding hydrogens is 184 g/mol. The van der Waals surface area contributed by atoms with Crippen LogP contribution in [-0.2, 0) is 0 Å². The van der Waals surface area contributed by atoms with Gasteiger partial charge < -0.3 is 22.3 Å². The van der Waals surface area contributed by atoms with Crippen molar-refractivity contribution in [2.24, 2.45) is 11.5 Å². The molecule has 0 aliphatic rings. The van der Waals surface area contributed by atoms with Gasteiger partial charge in [0.2, 0.25) is 0 Å². The summed E-state index contributed by atoms with van der Waals surface area (Å²) in [4.78, 5) is 14.4. The average molecular weight is 196 g/mol. The van der Waals surface area contributed by atoms with Crippen molar-refractivity contribution in [3.8, 4) is 0 Å². The second kappa shape index (κ2) is 4.03. The Hall–Kier alpha value is -1.66. The van der Waals surface area contributed by atoms with Crippen LogP contribution < -0.4 is 17.2 Å². The van der Waals surface area contributed by atoms with Crippen LogP contribution in [0.15, 0.2) is 12.3 Å². The van der Waals surface area contributed by atoms with Crippen LogP contribution in [0.5, 0.6) is 0 Å². The third-order valence-electron chi connectivity index (χ3n) is 1.85. The summed E-state index contributed by atoms with van der Waals surface area (Å²) in [5.74, 6) is -1.15. The van der Waals surface area contributed by atoms with Crippen molar-refractivity contribution in [2.75, 3.05) is 12.3 Å². The summed E-state index contributed by atoms with van der Waals surface area (Å²) in [6, 6.07) is 0.976.